The van der Waals surface area contributed by atoms with E-state index in [1.807, 2.05) is 24.4 Å². The van der Waals surface area contributed by atoms with E-state index in [9.17, 15) is 0 Å². The third-order valence-corrected chi connectivity index (χ3v) is 11.8. The molecule has 7 aromatic carbocycles. The fraction of sp³-hybridized carbons (Fsp3) is 0. The van der Waals surface area contributed by atoms with Gasteiger partial charge in [0.15, 0.2) is 0 Å². The molecule has 60 heavy (non-hydrogen) atoms. The zero-order chi connectivity index (χ0) is 39.6. The molecule has 12 rings (SSSR count). The Bertz CT molecular complexity index is 3570. The molecular weight excluding hydrogens is 731 g/mol. The minimum Gasteiger partial charge on any atom is -0.309 e. The molecular formula is C55H35N5. The summed E-state index contributed by atoms with van der Waals surface area (Å²) in [5.74, 6) is 0. The van der Waals surface area contributed by atoms with Gasteiger partial charge in [-0.2, -0.15) is 0 Å². The van der Waals surface area contributed by atoms with Crippen molar-refractivity contribution in [2.24, 2.45) is 0 Å². The lowest BCUT2D eigenvalue weighted by Crippen LogP contribution is -1.94. The maximum Gasteiger partial charge on any atom is 0.0886 e. The summed E-state index contributed by atoms with van der Waals surface area (Å²) in [4.78, 5) is 14.8. The summed E-state index contributed by atoms with van der Waals surface area (Å²) in [6.45, 7) is 0. The summed E-state index contributed by atoms with van der Waals surface area (Å²) < 4.78 is 4.71. The lowest BCUT2D eigenvalue weighted by atomic mass is 9.95. The summed E-state index contributed by atoms with van der Waals surface area (Å²) >= 11 is 0. The minimum atomic E-state index is 0.835. The van der Waals surface area contributed by atoms with E-state index in [1.165, 1.54) is 38.1 Å². The third-order valence-electron chi connectivity index (χ3n) is 11.8. The lowest BCUT2D eigenvalue weighted by molar-refractivity contribution is 1.18. The Morgan fingerprint density at radius 1 is 0.317 bits per heavy atom. The summed E-state index contributed by atoms with van der Waals surface area (Å²) in [5.41, 5.74) is 16.0. The highest BCUT2D eigenvalue weighted by atomic mass is 15.0. The van der Waals surface area contributed by atoms with Gasteiger partial charge in [-0.25, -0.2) is 4.98 Å². The Balaban J connectivity index is 1.03. The van der Waals surface area contributed by atoms with Crippen LogP contribution in [-0.4, -0.2) is 24.1 Å². The number of hydrogen-bond donors (Lipinski definition) is 0. The molecule has 0 aliphatic rings. The van der Waals surface area contributed by atoms with Crippen LogP contribution in [0.4, 0.5) is 0 Å². The van der Waals surface area contributed by atoms with E-state index >= 15 is 0 Å². The Hall–Kier alpha value is -8.15. The second kappa shape index (κ2) is 13.8. The number of aromatic nitrogens is 5. The molecule has 0 atom stereocenters. The number of rotatable bonds is 6. The van der Waals surface area contributed by atoms with Crippen LogP contribution in [-0.2, 0) is 0 Å². The van der Waals surface area contributed by atoms with E-state index in [0.717, 1.165) is 72.7 Å². The molecule has 0 radical (unpaired) electrons. The van der Waals surface area contributed by atoms with Crippen molar-refractivity contribution in [1.29, 1.82) is 0 Å². The molecule has 0 aliphatic carbocycles. The van der Waals surface area contributed by atoms with Crippen LogP contribution in [0.1, 0.15) is 0 Å². The molecule has 5 heterocycles. The molecule has 5 nitrogen and oxygen atoms in total. The highest BCUT2D eigenvalue weighted by Crippen LogP contribution is 2.40. The van der Waals surface area contributed by atoms with Crippen molar-refractivity contribution in [3.63, 3.8) is 0 Å². The van der Waals surface area contributed by atoms with Gasteiger partial charge in [0.05, 0.1) is 44.7 Å². The van der Waals surface area contributed by atoms with Crippen molar-refractivity contribution in [2.75, 3.05) is 0 Å². The van der Waals surface area contributed by atoms with Crippen LogP contribution < -0.4 is 0 Å². The van der Waals surface area contributed by atoms with Crippen LogP contribution in [0.3, 0.4) is 0 Å². The predicted molar refractivity (Wildman–Crippen MR) is 248 cm³/mol. The van der Waals surface area contributed by atoms with Crippen LogP contribution in [0.15, 0.2) is 213 Å². The number of nitrogens with zero attached hydrogens (tertiary/aromatic N) is 5. The van der Waals surface area contributed by atoms with Gasteiger partial charge >= 0.3 is 0 Å². The quantitative estimate of drug-likeness (QED) is 0.169. The van der Waals surface area contributed by atoms with Crippen LogP contribution in [0.5, 0.6) is 0 Å². The molecule has 0 amide bonds. The Morgan fingerprint density at radius 2 is 0.833 bits per heavy atom. The maximum atomic E-state index is 5.37. The van der Waals surface area contributed by atoms with Crippen LogP contribution in [0, 0.1) is 0 Å². The van der Waals surface area contributed by atoms with Gasteiger partial charge in [-0.05, 0) is 114 Å². The Labute approximate surface area is 346 Å². The van der Waals surface area contributed by atoms with Gasteiger partial charge in [-0.3, -0.25) is 9.97 Å². The van der Waals surface area contributed by atoms with Gasteiger partial charge in [0.1, 0.15) is 0 Å². The van der Waals surface area contributed by atoms with E-state index in [4.69, 9.17) is 9.97 Å². The van der Waals surface area contributed by atoms with Crippen LogP contribution >= 0.6 is 0 Å². The fourth-order valence-corrected chi connectivity index (χ4v) is 9.01. The second-order valence-corrected chi connectivity index (χ2v) is 15.3. The minimum absolute atomic E-state index is 0.835. The van der Waals surface area contributed by atoms with Gasteiger partial charge in [0.25, 0.3) is 0 Å². The number of fused-ring (bicyclic) bond motifs is 7. The van der Waals surface area contributed by atoms with Crippen molar-refractivity contribution in [1.82, 2.24) is 24.1 Å². The molecule has 5 aromatic heterocycles. The van der Waals surface area contributed by atoms with E-state index in [-0.39, 0.29) is 0 Å². The molecule has 5 heteroatoms. The molecule has 0 saturated carbocycles. The third kappa shape index (κ3) is 5.52. The largest absolute Gasteiger partial charge is 0.309 e. The first-order valence-electron chi connectivity index (χ1n) is 20.3. The highest BCUT2D eigenvalue weighted by Gasteiger charge is 2.18. The predicted octanol–water partition coefficient (Wildman–Crippen LogP) is 13.9. The molecule has 0 N–H and O–H groups in total. The van der Waals surface area contributed by atoms with Gasteiger partial charge in [0, 0.05) is 61.8 Å². The number of benzene rings is 7. The van der Waals surface area contributed by atoms with Gasteiger partial charge in [0.2, 0.25) is 0 Å². The van der Waals surface area contributed by atoms with Crippen molar-refractivity contribution in [3.8, 4) is 56.3 Å². The topological polar surface area (TPSA) is 48.5 Å². The highest BCUT2D eigenvalue weighted by molar-refractivity contribution is 6.12. The first-order chi connectivity index (χ1) is 29.7. The standard InChI is InChI=1S/C55H35N5/c1-3-13-40(14-4-1)59-52-20-9-7-17-42(52)46-32-37(24-28-54(46)59)36-22-26-48-45(31-36)44(39-23-27-50(57-35-39)49-19-11-12-30-56-49)34-51(58-48)38-25-29-55-47(33-38)43-18-8-10-21-53(43)60(55)41-15-5-2-6-16-41/h1-35H. The van der Waals surface area contributed by atoms with Crippen LogP contribution in [0.25, 0.3) is 111 Å². The first kappa shape index (κ1) is 33.9. The van der Waals surface area contributed by atoms with Gasteiger partial charge in [-0.15, -0.1) is 0 Å². The monoisotopic (exact) mass is 765 g/mol. The first-order valence-corrected chi connectivity index (χ1v) is 20.3. The molecule has 0 aliphatic heterocycles. The normalized spacial score (nSPS) is 11.7. The maximum absolute atomic E-state index is 5.37. The smallest absolute Gasteiger partial charge is 0.0886 e. The van der Waals surface area contributed by atoms with E-state index < -0.39 is 0 Å². The van der Waals surface area contributed by atoms with Crippen molar-refractivity contribution < 1.29 is 0 Å². The molecule has 0 unspecified atom stereocenters. The zero-order valence-electron chi connectivity index (χ0n) is 32.4. The Morgan fingerprint density at radius 3 is 1.45 bits per heavy atom. The van der Waals surface area contributed by atoms with Crippen molar-refractivity contribution in [2.45, 2.75) is 0 Å². The number of para-hydroxylation sites is 4. The summed E-state index contributed by atoms with van der Waals surface area (Å²) in [5, 5.41) is 5.92. The summed E-state index contributed by atoms with van der Waals surface area (Å²) in [7, 11) is 0. The van der Waals surface area contributed by atoms with E-state index in [0.29, 0.717) is 0 Å². The Kier molecular flexibility index (Phi) is 7.78. The van der Waals surface area contributed by atoms with Gasteiger partial charge < -0.3 is 9.13 Å². The number of hydrogen-bond acceptors (Lipinski definition) is 3. The lowest BCUT2D eigenvalue weighted by Gasteiger charge is -2.13. The molecule has 280 valence electrons. The van der Waals surface area contributed by atoms with Crippen LogP contribution in [0.2, 0.25) is 0 Å². The molecule has 0 bridgehead atoms. The fourth-order valence-electron chi connectivity index (χ4n) is 9.01. The van der Waals surface area contributed by atoms with Crippen molar-refractivity contribution >= 4 is 54.5 Å². The molecule has 0 saturated heterocycles. The average molecular weight is 766 g/mol. The average Bonchev–Trinajstić information content (AvgIpc) is 3.84. The van der Waals surface area contributed by atoms with Gasteiger partial charge in [-0.1, -0.05) is 103 Å². The number of pyridine rings is 3. The molecule has 0 fully saturated rings. The summed E-state index contributed by atoms with van der Waals surface area (Å²) in [6, 6.07) is 71.1. The van der Waals surface area contributed by atoms with E-state index in [1.54, 1.807) is 6.20 Å². The molecule has 0 spiro atoms. The summed E-state index contributed by atoms with van der Waals surface area (Å²) in [6.07, 6.45) is 3.77. The SMILES string of the molecule is c1ccc(-n2c3ccccc3c3cc(-c4ccc5nc(-c6ccc7c(c6)c6ccccc6n7-c6ccccc6)cc(-c6ccc(-c7ccccn7)nc6)c5c4)ccc32)cc1. The second-order valence-electron chi connectivity index (χ2n) is 15.3. The van der Waals surface area contributed by atoms with E-state index in [2.05, 4.69) is 196 Å². The van der Waals surface area contributed by atoms with Crippen molar-refractivity contribution in [3.05, 3.63) is 213 Å². The molecule has 12 aromatic rings. The zero-order valence-corrected chi connectivity index (χ0v) is 32.4.